The van der Waals surface area contributed by atoms with Crippen molar-refractivity contribution in [2.75, 3.05) is 0 Å². The summed E-state index contributed by atoms with van der Waals surface area (Å²) in [7, 11) is 0. The van der Waals surface area contributed by atoms with Crippen LogP contribution in [-0.4, -0.2) is 5.11 Å². The standard InChI is InChI=1S/C12H16O/c1-9-5-4-8-11(13)12(9)10-6-2-3-7-10/h4-5,8,10,13H,2-3,6-7H2,1H3. The Labute approximate surface area is 79.4 Å². The maximum atomic E-state index is 9.75. The van der Waals surface area contributed by atoms with Gasteiger partial charge in [-0.15, -0.1) is 0 Å². The van der Waals surface area contributed by atoms with Crippen LogP contribution in [0.5, 0.6) is 5.75 Å². The lowest BCUT2D eigenvalue weighted by Gasteiger charge is -2.14. The van der Waals surface area contributed by atoms with E-state index in [0.29, 0.717) is 11.7 Å². The minimum atomic E-state index is 0.493. The van der Waals surface area contributed by atoms with Crippen LogP contribution in [0.25, 0.3) is 0 Å². The number of aryl methyl sites for hydroxylation is 1. The van der Waals surface area contributed by atoms with Crippen LogP contribution >= 0.6 is 0 Å². The van der Waals surface area contributed by atoms with Crippen molar-refractivity contribution in [3.05, 3.63) is 29.3 Å². The third kappa shape index (κ3) is 1.55. The largest absolute Gasteiger partial charge is 0.508 e. The molecule has 1 N–H and O–H groups in total. The van der Waals surface area contributed by atoms with Gasteiger partial charge in [0.15, 0.2) is 0 Å². The summed E-state index contributed by atoms with van der Waals surface area (Å²) in [4.78, 5) is 0. The molecule has 70 valence electrons. The van der Waals surface area contributed by atoms with Crippen LogP contribution in [0.4, 0.5) is 0 Å². The molecule has 1 aromatic carbocycles. The highest BCUT2D eigenvalue weighted by Crippen LogP contribution is 2.39. The molecule has 1 nitrogen and oxygen atoms in total. The quantitative estimate of drug-likeness (QED) is 0.695. The van der Waals surface area contributed by atoms with Gasteiger partial charge in [0, 0.05) is 0 Å². The number of phenolic OH excluding ortho intramolecular Hbond substituents is 1. The van der Waals surface area contributed by atoms with Gasteiger partial charge in [0.1, 0.15) is 5.75 Å². The van der Waals surface area contributed by atoms with Gasteiger partial charge in [-0.05, 0) is 42.9 Å². The molecule has 2 rings (SSSR count). The van der Waals surface area contributed by atoms with Gasteiger partial charge in [-0.3, -0.25) is 0 Å². The minimum absolute atomic E-state index is 0.493. The summed E-state index contributed by atoms with van der Waals surface area (Å²) in [5.41, 5.74) is 2.44. The number of hydrogen-bond acceptors (Lipinski definition) is 1. The van der Waals surface area contributed by atoms with Crippen LogP contribution in [0.2, 0.25) is 0 Å². The Hall–Kier alpha value is -0.980. The SMILES string of the molecule is Cc1cccc(O)c1C1CCCC1. The van der Waals surface area contributed by atoms with Crippen molar-refractivity contribution in [3.8, 4) is 5.75 Å². The van der Waals surface area contributed by atoms with Crippen LogP contribution in [0.1, 0.15) is 42.7 Å². The fourth-order valence-corrected chi connectivity index (χ4v) is 2.41. The molecule has 0 bridgehead atoms. The molecular formula is C12H16O. The molecule has 13 heavy (non-hydrogen) atoms. The third-order valence-electron chi connectivity index (χ3n) is 3.06. The number of benzene rings is 1. The first-order valence-electron chi connectivity index (χ1n) is 5.07. The molecule has 0 aromatic heterocycles. The molecule has 0 radical (unpaired) electrons. The topological polar surface area (TPSA) is 20.2 Å². The van der Waals surface area contributed by atoms with E-state index in [1.807, 2.05) is 6.07 Å². The van der Waals surface area contributed by atoms with E-state index in [2.05, 4.69) is 13.0 Å². The molecule has 1 aliphatic rings. The molecule has 1 aliphatic carbocycles. The first-order chi connectivity index (χ1) is 6.29. The van der Waals surface area contributed by atoms with Gasteiger partial charge in [-0.2, -0.15) is 0 Å². The number of rotatable bonds is 1. The van der Waals surface area contributed by atoms with Crippen LogP contribution in [0, 0.1) is 6.92 Å². The molecule has 0 amide bonds. The monoisotopic (exact) mass is 176 g/mol. The van der Waals surface area contributed by atoms with E-state index in [-0.39, 0.29) is 0 Å². The highest BCUT2D eigenvalue weighted by atomic mass is 16.3. The van der Waals surface area contributed by atoms with Crippen LogP contribution in [0.3, 0.4) is 0 Å². The molecular weight excluding hydrogens is 160 g/mol. The fraction of sp³-hybridized carbons (Fsp3) is 0.500. The lowest BCUT2D eigenvalue weighted by Crippen LogP contribution is -1.95. The van der Waals surface area contributed by atoms with Gasteiger partial charge < -0.3 is 5.11 Å². The Kier molecular flexibility index (Phi) is 2.26. The first-order valence-corrected chi connectivity index (χ1v) is 5.07. The summed E-state index contributed by atoms with van der Waals surface area (Å²) < 4.78 is 0. The Morgan fingerprint density at radius 1 is 1.23 bits per heavy atom. The van der Waals surface area contributed by atoms with E-state index in [0.717, 1.165) is 0 Å². The highest BCUT2D eigenvalue weighted by molar-refractivity contribution is 5.41. The van der Waals surface area contributed by atoms with E-state index in [1.165, 1.54) is 36.8 Å². The first kappa shape index (κ1) is 8.61. The average Bonchev–Trinajstić information content (AvgIpc) is 2.57. The van der Waals surface area contributed by atoms with Crippen molar-refractivity contribution in [1.82, 2.24) is 0 Å². The van der Waals surface area contributed by atoms with Gasteiger partial charge in [-0.25, -0.2) is 0 Å². The Balaban J connectivity index is 2.37. The average molecular weight is 176 g/mol. The molecule has 0 spiro atoms. The molecule has 0 saturated heterocycles. The Morgan fingerprint density at radius 2 is 1.92 bits per heavy atom. The van der Waals surface area contributed by atoms with E-state index in [1.54, 1.807) is 6.07 Å². The van der Waals surface area contributed by atoms with E-state index < -0.39 is 0 Å². The van der Waals surface area contributed by atoms with Crippen LogP contribution in [0.15, 0.2) is 18.2 Å². The molecule has 0 heterocycles. The van der Waals surface area contributed by atoms with Crippen molar-refractivity contribution < 1.29 is 5.11 Å². The van der Waals surface area contributed by atoms with E-state index >= 15 is 0 Å². The lowest BCUT2D eigenvalue weighted by molar-refractivity contribution is 0.460. The summed E-state index contributed by atoms with van der Waals surface area (Å²) in [6.45, 7) is 2.09. The van der Waals surface area contributed by atoms with Crippen molar-refractivity contribution in [2.45, 2.75) is 38.5 Å². The second-order valence-corrected chi connectivity index (χ2v) is 3.99. The van der Waals surface area contributed by atoms with Crippen molar-refractivity contribution >= 4 is 0 Å². The normalized spacial score (nSPS) is 17.9. The summed E-state index contributed by atoms with van der Waals surface area (Å²) in [5.74, 6) is 1.10. The maximum Gasteiger partial charge on any atom is 0.119 e. The summed E-state index contributed by atoms with van der Waals surface area (Å²) >= 11 is 0. The fourth-order valence-electron chi connectivity index (χ4n) is 2.41. The minimum Gasteiger partial charge on any atom is -0.508 e. The van der Waals surface area contributed by atoms with Crippen LogP contribution in [-0.2, 0) is 0 Å². The number of phenols is 1. The smallest absolute Gasteiger partial charge is 0.119 e. The predicted molar refractivity (Wildman–Crippen MR) is 54.1 cm³/mol. The Morgan fingerprint density at radius 3 is 2.54 bits per heavy atom. The molecule has 1 saturated carbocycles. The molecule has 1 fully saturated rings. The molecule has 0 unspecified atom stereocenters. The third-order valence-corrected chi connectivity index (χ3v) is 3.06. The van der Waals surface area contributed by atoms with Gasteiger partial charge in [0.25, 0.3) is 0 Å². The summed E-state index contributed by atoms with van der Waals surface area (Å²) in [6, 6.07) is 5.82. The number of hydrogen-bond donors (Lipinski definition) is 1. The van der Waals surface area contributed by atoms with Gasteiger partial charge in [0.05, 0.1) is 0 Å². The zero-order valence-corrected chi connectivity index (χ0v) is 8.09. The van der Waals surface area contributed by atoms with Crippen LogP contribution < -0.4 is 0 Å². The predicted octanol–water partition coefficient (Wildman–Crippen LogP) is 3.36. The van der Waals surface area contributed by atoms with Gasteiger partial charge in [0.2, 0.25) is 0 Å². The van der Waals surface area contributed by atoms with E-state index in [9.17, 15) is 5.11 Å². The van der Waals surface area contributed by atoms with Crippen molar-refractivity contribution in [2.24, 2.45) is 0 Å². The lowest BCUT2D eigenvalue weighted by atomic mass is 9.93. The maximum absolute atomic E-state index is 9.75. The number of aromatic hydroxyl groups is 1. The second kappa shape index (κ2) is 3.41. The molecule has 1 aromatic rings. The summed E-state index contributed by atoms with van der Waals surface area (Å²) in [5, 5.41) is 9.75. The molecule has 0 atom stereocenters. The van der Waals surface area contributed by atoms with Gasteiger partial charge >= 0.3 is 0 Å². The zero-order valence-electron chi connectivity index (χ0n) is 8.09. The Bertz CT molecular complexity index is 278. The summed E-state index contributed by atoms with van der Waals surface area (Å²) in [6.07, 6.45) is 5.13. The van der Waals surface area contributed by atoms with Crippen molar-refractivity contribution in [3.63, 3.8) is 0 Å². The zero-order chi connectivity index (χ0) is 9.26. The molecule has 1 heteroatoms. The highest BCUT2D eigenvalue weighted by Gasteiger charge is 2.21. The van der Waals surface area contributed by atoms with Crippen molar-refractivity contribution in [1.29, 1.82) is 0 Å². The van der Waals surface area contributed by atoms with E-state index in [4.69, 9.17) is 0 Å². The second-order valence-electron chi connectivity index (χ2n) is 3.99. The molecule has 0 aliphatic heterocycles. The van der Waals surface area contributed by atoms with Gasteiger partial charge in [-0.1, -0.05) is 25.0 Å².